The van der Waals surface area contributed by atoms with Crippen molar-refractivity contribution in [1.82, 2.24) is 10.6 Å². The first-order chi connectivity index (χ1) is 11.5. The average molecular weight is 358 g/mol. The zero-order chi connectivity index (χ0) is 17.7. The monoisotopic (exact) mass is 358 g/mol. The lowest BCUT2D eigenvalue weighted by atomic mass is 9.98. The molecule has 0 unspecified atom stereocenters. The van der Waals surface area contributed by atoms with E-state index in [1.54, 1.807) is 7.11 Å². The molecule has 6 N–H and O–H groups in total. The fourth-order valence-corrected chi connectivity index (χ4v) is 2.52. The van der Waals surface area contributed by atoms with Crippen LogP contribution in [0, 0.1) is 0 Å². The van der Waals surface area contributed by atoms with Crippen LogP contribution in [0.3, 0.4) is 0 Å². The van der Waals surface area contributed by atoms with Gasteiger partial charge in [-0.25, -0.2) is 0 Å². The molecule has 0 spiro atoms. The molecule has 1 saturated heterocycles. The summed E-state index contributed by atoms with van der Waals surface area (Å²) in [6.07, 6.45) is -6.26. The largest absolute Gasteiger partial charge is 0.497 e. The number of aliphatic hydroxyl groups excluding tert-OH is 4. The maximum atomic E-state index is 9.93. The van der Waals surface area contributed by atoms with Gasteiger partial charge in [-0.1, -0.05) is 12.1 Å². The van der Waals surface area contributed by atoms with Gasteiger partial charge < -0.3 is 40.5 Å². The van der Waals surface area contributed by atoms with Crippen LogP contribution in [0.25, 0.3) is 0 Å². The first-order valence-corrected chi connectivity index (χ1v) is 7.85. The van der Waals surface area contributed by atoms with Gasteiger partial charge in [0.1, 0.15) is 30.2 Å². The molecule has 134 valence electrons. The van der Waals surface area contributed by atoms with Gasteiger partial charge in [-0.05, 0) is 29.9 Å². The number of aliphatic hydroxyl groups is 4. The number of methoxy groups -OCH3 is 1. The van der Waals surface area contributed by atoms with Gasteiger partial charge in [0.2, 0.25) is 0 Å². The van der Waals surface area contributed by atoms with E-state index >= 15 is 0 Å². The molecule has 1 aromatic carbocycles. The summed E-state index contributed by atoms with van der Waals surface area (Å²) in [5, 5.41) is 44.4. The van der Waals surface area contributed by atoms with Crippen LogP contribution in [0.1, 0.15) is 5.56 Å². The topological polar surface area (TPSA) is 123 Å². The summed E-state index contributed by atoms with van der Waals surface area (Å²) in [4.78, 5) is 0. The van der Waals surface area contributed by atoms with E-state index in [0.29, 0.717) is 6.54 Å². The average Bonchev–Trinajstić information content (AvgIpc) is 2.60. The highest BCUT2D eigenvalue weighted by Crippen LogP contribution is 2.19. The lowest BCUT2D eigenvalue weighted by Crippen LogP contribution is -2.63. The van der Waals surface area contributed by atoms with Crippen LogP contribution in [0.4, 0.5) is 0 Å². The molecule has 5 atom stereocenters. The van der Waals surface area contributed by atoms with E-state index in [9.17, 15) is 15.3 Å². The normalized spacial score (nSPS) is 29.8. The standard InChI is InChI=1S/C15H22N2O6S/c1-22-9-4-2-8(3-5-9)6-16-15(24)17-14-13(21)12(20)11(19)10(7-18)23-14/h2-5,10-14,18-21H,6-7H2,1H3,(H2,16,17,24)/t10-,11-,12+,13-,14-/m1/s1. The van der Waals surface area contributed by atoms with Crippen molar-refractivity contribution in [1.29, 1.82) is 0 Å². The Kier molecular flexibility index (Phi) is 6.72. The van der Waals surface area contributed by atoms with Crippen molar-refractivity contribution in [3.63, 3.8) is 0 Å². The minimum Gasteiger partial charge on any atom is -0.497 e. The summed E-state index contributed by atoms with van der Waals surface area (Å²) in [7, 11) is 1.59. The fraction of sp³-hybridized carbons (Fsp3) is 0.533. The number of thiocarbonyl (C=S) groups is 1. The first-order valence-electron chi connectivity index (χ1n) is 7.44. The van der Waals surface area contributed by atoms with E-state index in [4.69, 9.17) is 26.8 Å². The highest BCUT2D eigenvalue weighted by atomic mass is 32.1. The number of hydrogen-bond acceptors (Lipinski definition) is 7. The highest BCUT2D eigenvalue weighted by molar-refractivity contribution is 7.80. The summed E-state index contributed by atoms with van der Waals surface area (Å²) in [6.45, 7) is -0.0532. The summed E-state index contributed by atoms with van der Waals surface area (Å²) in [5.41, 5.74) is 0.966. The van der Waals surface area contributed by atoms with Gasteiger partial charge >= 0.3 is 0 Å². The Hall–Kier alpha value is -1.49. The third kappa shape index (κ3) is 4.53. The maximum absolute atomic E-state index is 9.93. The molecule has 2 rings (SSSR count). The molecule has 8 nitrogen and oxygen atoms in total. The van der Waals surface area contributed by atoms with Crippen LogP contribution in [-0.2, 0) is 11.3 Å². The van der Waals surface area contributed by atoms with Gasteiger partial charge in [0.25, 0.3) is 0 Å². The van der Waals surface area contributed by atoms with Crippen molar-refractivity contribution in [2.45, 2.75) is 37.2 Å². The predicted octanol–water partition coefficient (Wildman–Crippen LogP) is -1.54. The van der Waals surface area contributed by atoms with Crippen molar-refractivity contribution in [2.24, 2.45) is 0 Å². The fourth-order valence-electron chi connectivity index (χ4n) is 2.33. The van der Waals surface area contributed by atoms with Gasteiger partial charge in [0.15, 0.2) is 11.3 Å². The lowest BCUT2D eigenvalue weighted by molar-refractivity contribution is -0.232. The molecule has 0 saturated carbocycles. The van der Waals surface area contributed by atoms with E-state index in [0.717, 1.165) is 11.3 Å². The number of ether oxygens (including phenoxy) is 2. The Morgan fingerprint density at radius 1 is 1.17 bits per heavy atom. The zero-order valence-corrected chi connectivity index (χ0v) is 13.9. The molecule has 0 aliphatic carbocycles. The van der Waals surface area contributed by atoms with Crippen molar-refractivity contribution < 1.29 is 29.9 Å². The Morgan fingerprint density at radius 2 is 1.83 bits per heavy atom. The summed E-state index contributed by atoms with van der Waals surface area (Å²) >= 11 is 5.13. The highest BCUT2D eigenvalue weighted by Gasteiger charge is 2.43. The van der Waals surface area contributed by atoms with Crippen LogP contribution in [-0.4, -0.2) is 69.9 Å². The second kappa shape index (κ2) is 8.56. The Morgan fingerprint density at radius 3 is 2.42 bits per heavy atom. The number of hydrogen-bond donors (Lipinski definition) is 6. The van der Waals surface area contributed by atoms with Crippen molar-refractivity contribution in [2.75, 3.05) is 13.7 Å². The van der Waals surface area contributed by atoms with Crippen LogP contribution in [0.5, 0.6) is 5.75 Å². The molecule has 1 aliphatic heterocycles. The Labute approximate surface area is 145 Å². The third-order valence-electron chi connectivity index (χ3n) is 3.78. The maximum Gasteiger partial charge on any atom is 0.168 e. The van der Waals surface area contributed by atoms with Crippen molar-refractivity contribution in [3.8, 4) is 5.75 Å². The van der Waals surface area contributed by atoms with Gasteiger partial charge in [0.05, 0.1) is 13.7 Å². The number of nitrogens with one attached hydrogen (secondary N) is 2. The molecular weight excluding hydrogens is 336 g/mol. The van der Waals surface area contributed by atoms with E-state index in [1.807, 2.05) is 24.3 Å². The van der Waals surface area contributed by atoms with Gasteiger partial charge in [-0.2, -0.15) is 0 Å². The van der Waals surface area contributed by atoms with Crippen LogP contribution in [0.15, 0.2) is 24.3 Å². The third-order valence-corrected chi connectivity index (χ3v) is 4.04. The summed E-state index contributed by atoms with van der Waals surface area (Å²) in [6, 6.07) is 7.40. The van der Waals surface area contributed by atoms with E-state index < -0.39 is 37.3 Å². The summed E-state index contributed by atoms with van der Waals surface area (Å²) < 4.78 is 10.4. The smallest absolute Gasteiger partial charge is 0.168 e. The summed E-state index contributed by atoms with van der Waals surface area (Å²) in [5.74, 6) is 0.751. The van der Waals surface area contributed by atoms with Crippen molar-refractivity contribution in [3.05, 3.63) is 29.8 Å². The van der Waals surface area contributed by atoms with E-state index in [2.05, 4.69) is 10.6 Å². The molecule has 9 heteroatoms. The second-order valence-electron chi connectivity index (χ2n) is 5.42. The Balaban J connectivity index is 1.86. The molecule has 1 fully saturated rings. The zero-order valence-electron chi connectivity index (χ0n) is 13.1. The SMILES string of the molecule is COc1ccc(CNC(=S)N[C@@H]2O[C@H](CO)[C@@H](O)[C@H](O)[C@H]2O)cc1. The van der Waals surface area contributed by atoms with Gasteiger partial charge in [0, 0.05) is 6.54 Å². The molecule has 24 heavy (non-hydrogen) atoms. The molecule has 0 radical (unpaired) electrons. The molecule has 0 aromatic heterocycles. The van der Waals surface area contributed by atoms with Crippen LogP contribution in [0.2, 0.25) is 0 Å². The molecule has 1 aromatic rings. The molecule has 0 bridgehead atoms. The number of rotatable bonds is 5. The molecule has 1 aliphatic rings. The van der Waals surface area contributed by atoms with Gasteiger partial charge in [-0.15, -0.1) is 0 Å². The molecule has 1 heterocycles. The Bertz CT molecular complexity index is 541. The van der Waals surface area contributed by atoms with Crippen LogP contribution >= 0.6 is 12.2 Å². The van der Waals surface area contributed by atoms with Crippen LogP contribution < -0.4 is 15.4 Å². The van der Waals surface area contributed by atoms with Gasteiger partial charge in [-0.3, -0.25) is 0 Å². The minimum absolute atomic E-state index is 0.204. The lowest BCUT2D eigenvalue weighted by Gasteiger charge is -2.40. The van der Waals surface area contributed by atoms with E-state index in [1.165, 1.54) is 0 Å². The van der Waals surface area contributed by atoms with E-state index in [-0.39, 0.29) is 5.11 Å². The predicted molar refractivity (Wildman–Crippen MR) is 89.3 cm³/mol. The minimum atomic E-state index is -1.45. The first kappa shape index (κ1) is 18.8. The number of benzene rings is 1. The molecular formula is C15H22N2O6S. The second-order valence-corrected chi connectivity index (χ2v) is 5.83. The molecule has 0 amide bonds. The van der Waals surface area contributed by atoms with Crippen molar-refractivity contribution >= 4 is 17.3 Å². The quantitative estimate of drug-likeness (QED) is 0.348.